The number of nitrogens with zero attached hydrogens (tertiary/aromatic N) is 1. The molecule has 9 nitrogen and oxygen atoms in total. The average molecular weight is 523 g/mol. The molecule has 1 heterocycles. The number of carbonyl (C=O) groups is 2. The van der Waals surface area contributed by atoms with Gasteiger partial charge in [0.15, 0.2) is 17.3 Å². The highest BCUT2D eigenvalue weighted by atomic mass is 16.5. The Morgan fingerprint density at radius 2 is 1.58 bits per heavy atom. The van der Waals surface area contributed by atoms with Gasteiger partial charge in [-0.05, 0) is 48.7 Å². The number of furan rings is 1. The van der Waals surface area contributed by atoms with Crippen LogP contribution in [0.25, 0.3) is 0 Å². The van der Waals surface area contributed by atoms with Gasteiger partial charge in [0.1, 0.15) is 11.8 Å². The fourth-order valence-corrected chi connectivity index (χ4v) is 4.92. The van der Waals surface area contributed by atoms with E-state index in [1.165, 1.54) is 32.5 Å². The van der Waals surface area contributed by atoms with Crippen LogP contribution in [-0.2, 0) is 11.3 Å². The highest BCUT2D eigenvalue weighted by Crippen LogP contribution is 2.41. The maximum atomic E-state index is 14.0. The van der Waals surface area contributed by atoms with E-state index in [0.717, 1.165) is 31.2 Å². The molecular formula is C29H34N2O7. The van der Waals surface area contributed by atoms with Gasteiger partial charge in [0.05, 0.1) is 41.2 Å². The smallest absolute Gasteiger partial charge is 0.290 e. The van der Waals surface area contributed by atoms with E-state index in [1.807, 2.05) is 24.3 Å². The molecule has 0 spiro atoms. The lowest BCUT2D eigenvalue weighted by Gasteiger charge is -2.32. The molecule has 1 atom stereocenters. The number of ether oxygens (including phenoxy) is 4. The monoisotopic (exact) mass is 522 g/mol. The van der Waals surface area contributed by atoms with E-state index in [4.69, 9.17) is 23.4 Å². The fraction of sp³-hybridized carbons (Fsp3) is 0.379. The highest BCUT2D eigenvalue weighted by molar-refractivity contribution is 5.96. The first-order valence-electron chi connectivity index (χ1n) is 12.6. The molecule has 0 bridgehead atoms. The van der Waals surface area contributed by atoms with Crippen molar-refractivity contribution in [2.24, 2.45) is 0 Å². The summed E-state index contributed by atoms with van der Waals surface area (Å²) in [6, 6.07) is 13.0. The quantitative estimate of drug-likeness (QED) is 0.388. The summed E-state index contributed by atoms with van der Waals surface area (Å²) in [5, 5.41) is 3.17. The largest absolute Gasteiger partial charge is 0.496 e. The first-order valence-corrected chi connectivity index (χ1v) is 12.6. The summed E-state index contributed by atoms with van der Waals surface area (Å²) in [7, 11) is 6.10. The summed E-state index contributed by atoms with van der Waals surface area (Å²) in [5.74, 6) is 1.12. The predicted molar refractivity (Wildman–Crippen MR) is 141 cm³/mol. The van der Waals surface area contributed by atoms with Crippen LogP contribution in [-0.4, -0.2) is 51.2 Å². The second-order valence-electron chi connectivity index (χ2n) is 9.07. The Bertz CT molecular complexity index is 1210. The summed E-state index contributed by atoms with van der Waals surface area (Å²) < 4.78 is 27.7. The third-order valence-corrected chi connectivity index (χ3v) is 6.79. The van der Waals surface area contributed by atoms with Gasteiger partial charge in [-0.3, -0.25) is 9.59 Å². The van der Waals surface area contributed by atoms with Gasteiger partial charge in [-0.25, -0.2) is 0 Å². The number of methoxy groups -OCH3 is 4. The molecule has 1 unspecified atom stereocenters. The molecule has 2 aromatic carbocycles. The Labute approximate surface area is 222 Å². The second-order valence-corrected chi connectivity index (χ2v) is 9.07. The SMILES string of the molecule is COc1ccccc1CN(C(=O)c1ccco1)C(C(=O)NC1CCCC1)c1cc(OC)c(OC)c(OC)c1. The normalized spacial score (nSPS) is 14.0. The van der Waals surface area contributed by atoms with Crippen molar-refractivity contribution < 1.29 is 33.0 Å². The fourth-order valence-electron chi connectivity index (χ4n) is 4.92. The number of carbonyl (C=O) groups excluding carboxylic acids is 2. The zero-order valence-electron chi connectivity index (χ0n) is 22.2. The van der Waals surface area contributed by atoms with E-state index in [2.05, 4.69) is 5.32 Å². The summed E-state index contributed by atoms with van der Waals surface area (Å²) in [6.45, 7) is 0.0863. The topological polar surface area (TPSA) is 99.5 Å². The van der Waals surface area contributed by atoms with Crippen LogP contribution in [0.3, 0.4) is 0 Å². The molecule has 1 aliphatic rings. The molecule has 1 N–H and O–H groups in total. The van der Waals surface area contributed by atoms with E-state index in [0.29, 0.717) is 28.6 Å². The molecule has 1 aromatic heterocycles. The van der Waals surface area contributed by atoms with Crippen molar-refractivity contribution >= 4 is 11.8 Å². The van der Waals surface area contributed by atoms with Gasteiger partial charge >= 0.3 is 0 Å². The maximum Gasteiger partial charge on any atom is 0.290 e. The standard InChI is InChI=1S/C29H34N2O7/c1-34-22-13-8-5-10-19(22)18-31(29(33)23-14-9-15-38-23)26(28(32)30-21-11-6-7-12-21)20-16-24(35-2)27(37-4)25(17-20)36-3/h5,8-10,13-17,21,26H,6-7,11-12,18H2,1-4H3,(H,30,32). The van der Waals surface area contributed by atoms with Crippen molar-refractivity contribution in [1.82, 2.24) is 10.2 Å². The number of benzene rings is 2. The van der Waals surface area contributed by atoms with Crippen molar-refractivity contribution in [3.05, 3.63) is 71.7 Å². The van der Waals surface area contributed by atoms with E-state index in [-0.39, 0.29) is 24.3 Å². The van der Waals surface area contributed by atoms with Crippen molar-refractivity contribution in [1.29, 1.82) is 0 Å². The Hall–Kier alpha value is -4.14. The zero-order valence-corrected chi connectivity index (χ0v) is 22.2. The lowest BCUT2D eigenvalue weighted by Crippen LogP contribution is -2.45. The summed E-state index contributed by atoms with van der Waals surface area (Å²) in [6.07, 6.45) is 5.33. The van der Waals surface area contributed by atoms with Gasteiger partial charge in [-0.15, -0.1) is 0 Å². The number of hydrogen-bond donors (Lipinski definition) is 1. The lowest BCUT2D eigenvalue weighted by atomic mass is 10.0. The van der Waals surface area contributed by atoms with Gasteiger partial charge in [-0.1, -0.05) is 31.0 Å². The van der Waals surface area contributed by atoms with Crippen LogP contribution in [0.4, 0.5) is 0 Å². The number of nitrogens with one attached hydrogen (secondary N) is 1. The van der Waals surface area contributed by atoms with Gasteiger partial charge in [0, 0.05) is 11.6 Å². The molecule has 9 heteroatoms. The number of hydrogen-bond acceptors (Lipinski definition) is 7. The third-order valence-electron chi connectivity index (χ3n) is 6.79. The molecule has 0 aliphatic heterocycles. The Balaban J connectivity index is 1.87. The number of para-hydroxylation sites is 1. The molecule has 4 rings (SSSR count). The Morgan fingerprint density at radius 1 is 0.921 bits per heavy atom. The molecule has 38 heavy (non-hydrogen) atoms. The molecular weight excluding hydrogens is 488 g/mol. The summed E-state index contributed by atoms with van der Waals surface area (Å²) in [5.41, 5.74) is 1.24. The number of amides is 2. The maximum absolute atomic E-state index is 14.0. The minimum atomic E-state index is -1.04. The molecule has 0 saturated heterocycles. The van der Waals surface area contributed by atoms with Gasteiger partial charge < -0.3 is 33.6 Å². The molecule has 2 amide bonds. The van der Waals surface area contributed by atoms with Crippen LogP contribution in [0.15, 0.2) is 59.2 Å². The minimum Gasteiger partial charge on any atom is -0.496 e. The van der Waals surface area contributed by atoms with E-state index in [1.54, 1.807) is 31.4 Å². The van der Waals surface area contributed by atoms with Crippen molar-refractivity contribution in [2.75, 3.05) is 28.4 Å². The summed E-state index contributed by atoms with van der Waals surface area (Å²) in [4.78, 5) is 29.4. The third kappa shape index (κ3) is 5.72. The van der Waals surface area contributed by atoms with Gasteiger partial charge in [0.25, 0.3) is 5.91 Å². The molecule has 202 valence electrons. The van der Waals surface area contributed by atoms with Crippen LogP contribution < -0.4 is 24.3 Å². The molecule has 1 fully saturated rings. The Kier molecular flexibility index (Phi) is 8.78. The molecule has 0 radical (unpaired) electrons. The molecule has 1 aliphatic carbocycles. The van der Waals surface area contributed by atoms with Crippen molar-refractivity contribution in [2.45, 2.75) is 44.3 Å². The first-order chi connectivity index (χ1) is 18.5. The number of rotatable bonds is 11. The van der Waals surface area contributed by atoms with Crippen LogP contribution in [0.2, 0.25) is 0 Å². The van der Waals surface area contributed by atoms with Crippen LogP contribution in [0.1, 0.15) is 53.4 Å². The molecule has 1 saturated carbocycles. The zero-order chi connectivity index (χ0) is 27.1. The summed E-state index contributed by atoms with van der Waals surface area (Å²) >= 11 is 0. The average Bonchev–Trinajstić information content (AvgIpc) is 3.67. The van der Waals surface area contributed by atoms with Gasteiger partial charge in [0.2, 0.25) is 11.7 Å². The lowest BCUT2D eigenvalue weighted by molar-refractivity contribution is -0.126. The van der Waals surface area contributed by atoms with Gasteiger partial charge in [-0.2, -0.15) is 0 Å². The second kappa shape index (κ2) is 12.4. The van der Waals surface area contributed by atoms with E-state index in [9.17, 15) is 9.59 Å². The van der Waals surface area contributed by atoms with Crippen molar-refractivity contribution in [3.8, 4) is 23.0 Å². The van der Waals surface area contributed by atoms with E-state index < -0.39 is 11.9 Å². The Morgan fingerprint density at radius 3 is 2.16 bits per heavy atom. The molecule has 3 aromatic rings. The van der Waals surface area contributed by atoms with Crippen LogP contribution in [0.5, 0.6) is 23.0 Å². The van der Waals surface area contributed by atoms with Crippen molar-refractivity contribution in [3.63, 3.8) is 0 Å². The van der Waals surface area contributed by atoms with Crippen LogP contribution >= 0.6 is 0 Å². The highest BCUT2D eigenvalue weighted by Gasteiger charge is 2.36. The minimum absolute atomic E-state index is 0.0406. The predicted octanol–water partition coefficient (Wildman–Crippen LogP) is 4.76. The van der Waals surface area contributed by atoms with E-state index >= 15 is 0 Å². The van der Waals surface area contributed by atoms with Crippen LogP contribution in [0, 0.1) is 0 Å². The first kappa shape index (κ1) is 26.9.